The molecular formula is C22H26N4O7S. The Morgan fingerprint density at radius 2 is 2.06 bits per heavy atom. The van der Waals surface area contributed by atoms with E-state index < -0.39 is 22.0 Å². The van der Waals surface area contributed by atoms with Crippen molar-refractivity contribution in [3.05, 3.63) is 54.2 Å². The largest absolute Gasteiger partial charge is 0.491 e. The standard InChI is InChI=1S/C22H26N4O7S/c1-14(13-27)32-17-9-15(22(28)26-21(23)5-6-24-2)10-18(11-17)33-16-3-4-20-19(12-16)31-8-7-25-34(20,29)30/h3-6,9-12,14,24-25,27H,7-8,13H2,1-2H3,(H2,23,26,28)/b6-5-/t14-/m0/s1. The first-order chi connectivity index (χ1) is 16.2. The summed E-state index contributed by atoms with van der Waals surface area (Å²) in [7, 11) is -2.00. The first-order valence-electron chi connectivity index (χ1n) is 10.3. The molecule has 0 radical (unpaired) electrons. The number of amides is 1. The maximum atomic E-state index is 12.7. The van der Waals surface area contributed by atoms with Crippen molar-refractivity contribution < 1.29 is 32.5 Å². The molecule has 0 bridgehead atoms. The number of ether oxygens (including phenoxy) is 3. The van der Waals surface area contributed by atoms with Crippen molar-refractivity contribution >= 4 is 21.8 Å². The Hall–Kier alpha value is -3.61. The molecule has 0 aromatic heterocycles. The molecule has 0 fully saturated rings. The van der Waals surface area contributed by atoms with Crippen molar-refractivity contribution in [1.82, 2.24) is 10.0 Å². The second-order valence-electron chi connectivity index (χ2n) is 7.22. The molecule has 0 unspecified atom stereocenters. The van der Waals surface area contributed by atoms with Crippen LogP contribution >= 0.6 is 0 Å². The first-order valence-corrected chi connectivity index (χ1v) is 11.8. The third kappa shape index (κ3) is 6.47. The van der Waals surface area contributed by atoms with Gasteiger partial charge >= 0.3 is 0 Å². The van der Waals surface area contributed by atoms with Gasteiger partial charge in [0.05, 0.1) is 6.61 Å². The fraction of sp³-hybridized carbons (Fsp3) is 0.273. The highest BCUT2D eigenvalue weighted by Crippen LogP contribution is 2.34. The fourth-order valence-corrected chi connectivity index (χ4v) is 4.05. The molecule has 182 valence electrons. The Kier molecular flexibility index (Phi) is 8.10. The predicted molar refractivity (Wildman–Crippen MR) is 125 cm³/mol. The van der Waals surface area contributed by atoms with Crippen molar-refractivity contribution in [2.75, 3.05) is 26.8 Å². The topological polar surface area (TPSA) is 162 Å². The summed E-state index contributed by atoms with van der Waals surface area (Å²) >= 11 is 0. The number of aliphatic hydroxyl groups excluding tert-OH is 1. The number of nitrogens with two attached hydrogens (primary N) is 1. The van der Waals surface area contributed by atoms with Crippen molar-refractivity contribution in [2.45, 2.75) is 17.9 Å². The van der Waals surface area contributed by atoms with E-state index in [0.717, 1.165) is 0 Å². The highest BCUT2D eigenvalue weighted by molar-refractivity contribution is 7.89. The minimum Gasteiger partial charge on any atom is -0.491 e. The number of nitrogens with one attached hydrogen (secondary N) is 2. The van der Waals surface area contributed by atoms with Gasteiger partial charge in [-0.25, -0.2) is 13.1 Å². The van der Waals surface area contributed by atoms with E-state index in [2.05, 4.69) is 15.0 Å². The molecule has 1 aliphatic heterocycles. The maximum Gasteiger partial charge on any atom is 0.279 e. The number of carbonyl (C=O) groups is 1. The predicted octanol–water partition coefficient (Wildman–Crippen LogP) is 1.14. The minimum absolute atomic E-state index is 0.00140. The van der Waals surface area contributed by atoms with Gasteiger partial charge in [-0.3, -0.25) is 4.79 Å². The lowest BCUT2D eigenvalue weighted by Crippen LogP contribution is -2.24. The minimum atomic E-state index is -3.68. The van der Waals surface area contributed by atoms with Crippen LogP contribution in [0.15, 0.2) is 58.6 Å². The summed E-state index contributed by atoms with van der Waals surface area (Å²) < 4.78 is 44.0. The van der Waals surface area contributed by atoms with Crippen LogP contribution in [0.4, 0.5) is 0 Å². The third-order valence-electron chi connectivity index (χ3n) is 4.46. The van der Waals surface area contributed by atoms with Crippen LogP contribution < -0.4 is 30.0 Å². The number of hydrogen-bond donors (Lipinski definition) is 4. The first kappa shape index (κ1) is 25.0. The van der Waals surface area contributed by atoms with Crippen molar-refractivity contribution in [3.8, 4) is 23.0 Å². The second kappa shape index (κ2) is 11.0. The Bertz CT molecular complexity index is 1210. The molecule has 1 aliphatic rings. The van der Waals surface area contributed by atoms with E-state index >= 15 is 0 Å². The van der Waals surface area contributed by atoms with Crippen LogP contribution in [0, 0.1) is 0 Å². The second-order valence-corrected chi connectivity index (χ2v) is 8.96. The number of aliphatic imine (C=N–C) groups is 1. The monoisotopic (exact) mass is 490 g/mol. The summed E-state index contributed by atoms with van der Waals surface area (Å²) in [6, 6.07) is 8.72. The number of rotatable bonds is 8. The molecule has 5 N–H and O–H groups in total. The SMILES string of the molecule is CN/C=C\C(N)=NC(=O)c1cc(Oc2ccc3c(c2)OCCNS3(=O)=O)cc(O[C@@H](C)CO)c1. The zero-order valence-corrected chi connectivity index (χ0v) is 19.5. The summed E-state index contributed by atoms with van der Waals surface area (Å²) in [4.78, 5) is 16.5. The van der Waals surface area contributed by atoms with E-state index in [1.807, 2.05) is 0 Å². The van der Waals surface area contributed by atoms with Gasteiger partial charge < -0.3 is 30.4 Å². The normalized spacial score (nSPS) is 16.1. The molecule has 0 aliphatic carbocycles. The van der Waals surface area contributed by atoms with E-state index in [1.165, 1.54) is 48.7 Å². The van der Waals surface area contributed by atoms with E-state index in [0.29, 0.717) is 0 Å². The molecule has 1 heterocycles. The van der Waals surface area contributed by atoms with Crippen LogP contribution in [0.25, 0.3) is 0 Å². The van der Waals surface area contributed by atoms with Gasteiger partial charge in [-0.2, -0.15) is 4.99 Å². The van der Waals surface area contributed by atoms with E-state index in [1.54, 1.807) is 14.0 Å². The Balaban J connectivity index is 1.95. The molecule has 0 saturated carbocycles. The van der Waals surface area contributed by atoms with Gasteiger partial charge in [0.15, 0.2) is 0 Å². The van der Waals surface area contributed by atoms with Crippen molar-refractivity contribution in [3.63, 3.8) is 0 Å². The van der Waals surface area contributed by atoms with E-state index in [9.17, 15) is 18.3 Å². The number of carbonyl (C=O) groups excluding carboxylic acids is 1. The Morgan fingerprint density at radius 1 is 1.29 bits per heavy atom. The number of aliphatic hydroxyl groups is 1. The number of amidine groups is 1. The van der Waals surface area contributed by atoms with E-state index in [-0.39, 0.29) is 59.1 Å². The number of hydrogen-bond acceptors (Lipinski definition) is 8. The van der Waals surface area contributed by atoms with Gasteiger partial charge in [0.2, 0.25) is 10.0 Å². The number of fused-ring (bicyclic) bond motifs is 1. The molecule has 3 rings (SSSR count). The zero-order chi connectivity index (χ0) is 24.7. The lowest BCUT2D eigenvalue weighted by atomic mass is 10.2. The van der Waals surface area contributed by atoms with Crippen LogP contribution in [-0.2, 0) is 10.0 Å². The van der Waals surface area contributed by atoms with Crippen LogP contribution in [0.3, 0.4) is 0 Å². The molecule has 2 aromatic carbocycles. The molecule has 0 spiro atoms. The lowest BCUT2D eigenvalue weighted by molar-refractivity contribution is 0.100. The van der Waals surface area contributed by atoms with Gasteiger partial charge in [-0.15, -0.1) is 0 Å². The van der Waals surface area contributed by atoms with Gasteiger partial charge in [0.1, 0.15) is 46.4 Å². The summed E-state index contributed by atoms with van der Waals surface area (Å²) in [5.74, 6) is 0.275. The van der Waals surface area contributed by atoms with Crippen LogP contribution in [0.1, 0.15) is 17.3 Å². The third-order valence-corrected chi connectivity index (χ3v) is 5.97. The fourth-order valence-electron chi connectivity index (χ4n) is 2.92. The quantitative estimate of drug-likeness (QED) is 0.314. The summed E-state index contributed by atoms with van der Waals surface area (Å²) in [5.41, 5.74) is 5.87. The van der Waals surface area contributed by atoms with Gasteiger partial charge in [-0.05, 0) is 43.5 Å². The van der Waals surface area contributed by atoms with E-state index in [4.69, 9.17) is 19.9 Å². The lowest BCUT2D eigenvalue weighted by Gasteiger charge is -2.15. The van der Waals surface area contributed by atoms with Gasteiger partial charge in [-0.1, -0.05) is 0 Å². The Morgan fingerprint density at radius 3 is 2.79 bits per heavy atom. The molecule has 1 amide bonds. The smallest absolute Gasteiger partial charge is 0.279 e. The van der Waals surface area contributed by atoms with Gasteiger partial charge in [0, 0.05) is 31.3 Å². The molecule has 34 heavy (non-hydrogen) atoms. The molecular weight excluding hydrogens is 464 g/mol. The van der Waals surface area contributed by atoms with Crippen LogP contribution in [0.5, 0.6) is 23.0 Å². The highest BCUT2D eigenvalue weighted by atomic mass is 32.2. The number of nitrogens with zero attached hydrogens (tertiary/aromatic N) is 1. The average Bonchev–Trinajstić information content (AvgIpc) is 2.94. The van der Waals surface area contributed by atoms with Crippen molar-refractivity contribution in [1.29, 1.82) is 0 Å². The maximum absolute atomic E-state index is 12.7. The zero-order valence-electron chi connectivity index (χ0n) is 18.6. The molecule has 0 saturated heterocycles. The van der Waals surface area contributed by atoms with Crippen LogP contribution in [0.2, 0.25) is 0 Å². The number of sulfonamides is 1. The molecule has 1 atom stereocenters. The molecule has 2 aromatic rings. The Labute approximate surface area is 197 Å². The average molecular weight is 491 g/mol. The summed E-state index contributed by atoms with van der Waals surface area (Å²) in [6.45, 7) is 1.73. The number of benzene rings is 2. The summed E-state index contributed by atoms with van der Waals surface area (Å²) in [6.07, 6.45) is 2.42. The summed E-state index contributed by atoms with van der Waals surface area (Å²) in [5, 5.41) is 12.1. The molecule has 12 heteroatoms. The van der Waals surface area contributed by atoms with Crippen molar-refractivity contribution in [2.24, 2.45) is 10.7 Å². The highest BCUT2D eigenvalue weighted by Gasteiger charge is 2.23. The molecule has 11 nitrogen and oxygen atoms in total. The van der Waals surface area contributed by atoms with Crippen LogP contribution in [-0.4, -0.2) is 58.2 Å². The van der Waals surface area contributed by atoms with Gasteiger partial charge in [0.25, 0.3) is 5.91 Å².